The van der Waals surface area contributed by atoms with Gasteiger partial charge in [-0.2, -0.15) is 0 Å². The molecule has 0 aliphatic carbocycles. The molecule has 1 aromatic rings. The van der Waals surface area contributed by atoms with Crippen LogP contribution in [0.4, 0.5) is 4.79 Å². The molecule has 116 valence electrons. The highest BCUT2D eigenvalue weighted by atomic mass is 35.5. The molecule has 0 saturated heterocycles. The van der Waals surface area contributed by atoms with Crippen molar-refractivity contribution in [1.29, 1.82) is 0 Å². The Morgan fingerprint density at radius 1 is 1.33 bits per heavy atom. The van der Waals surface area contributed by atoms with E-state index in [9.17, 15) is 9.59 Å². The zero-order chi connectivity index (χ0) is 15.7. The lowest BCUT2D eigenvalue weighted by molar-refractivity contribution is -0.682. The summed E-state index contributed by atoms with van der Waals surface area (Å²) >= 11 is 6.11. The first-order valence-electron chi connectivity index (χ1n) is 7.20. The maximum Gasteiger partial charge on any atom is 0.321 e. The van der Waals surface area contributed by atoms with Crippen LogP contribution in [0.3, 0.4) is 0 Å². The van der Waals surface area contributed by atoms with Gasteiger partial charge in [0, 0.05) is 17.1 Å². The number of nitrogens with two attached hydrogens (primary N) is 1. The normalized spacial score (nSPS) is 11.8. The quantitative estimate of drug-likeness (QED) is 0.669. The number of hydrogen-bond acceptors (Lipinski definition) is 2. The number of carbonyl (C=O) groups excluding carboxylic acids is 2. The second-order valence-corrected chi connectivity index (χ2v) is 5.31. The van der Waals surface area contributed by atoms with Crippen molar-refractivity contribution in [1.82, 2.24) is 10.6 Å². The Labute approximate surface area is 130 Å². The van der Waals surface area contributed by atoms with Gasteiger partial charge >= 0.3 is 6.03 Å². The first kappa shape index (κ1) is 17.5. The molecule has 0 aliphatic rings. The van der Waals surface area contributed by atoms with Crippen LogP contribution in [0.2, 0.25) is 5.02 Å². The molecule has 0 fully saturated rings. The molecular weight excluding hydrogens is 290 g/mol. The van der Waals surface area contributed by atoms with E-state index in [-0.39, 0.29) is 18.5 Å². The molecule has 0 spiro atoms. The molecule has 0 radical (unpaired) electrons. The monoisotopic (exact) mass is 312 g/mol. The number of imide groups is 1. The van der Waals surface area contributed by atoms with Crippen LogP contribution in [-0.4, -0.2) is 25.0 Å². The summed E-state index contributed by atoms with van der Waals surface area (Å²) in [6, 6.07) is 7.14. The standard InChI is InChI=1S/C15H22ClN3O2/c1-3-4-9-17-15(21)19-14(20)10-18-11(2)12-7-5-6-8-13(12)16/h5-8,11,18H,3-4,9-10H2,1-2H3,(H2,17,19,20,21)/p+1/t11-/m0/s1. The van der Waals surface area contributed by atoms with Gasteiger partial charge in [0.15, 0.2) is 6.54 Å². The minimum Gasteiger partial charge on any atom is -0.338 e. The van der Waals surface area contributed by atoms with E-state index in [1.54, 1.807) is 0 Å². The minimum atomic E-state index is -0.438. The summed E-state index contributed by atoms with van der Waals surface area (Å²) in [6.07, 6.45) is 1.90. The smallest absolute Gasteiger partial charge is 0.321 e. The van der Waals surface area contributed by atoms with E-state index in [1.807, 2.05) is 43.4 Å². The van der Waals surface area contributed by atoms with Crippen LogP contribution in [-0.2, 0) is 4.79 Å². The number of hydrogen-bond donors (Lipinski definition) is 3. The number of quaternary nitrogens is 1. The summed E-state index contributed by atoms with van der Waals surface area (Å²) < 4.78 is 0. The third-order valence-corrected chi connectivity index (χ3v) is 3.47. The van der Waals surface area contributed by atoms with Crippen LogP contribution in [0.15, 0.2) is 24.3 Å². The molecule has 0 heterocycles. The van der Waals surface area contributed by atoms with Crippen molar-refractivity contribution in [3.8, 4) is 0 Å². The molecule has 21 heavy (non-hydrogen) atoms. The average Bonchev–Trinajstić information content (AvgIpc) is 2.45. The van der Waals surface area contributed by atoms with Gasteiger partial charge in [0.25, 0.3) is 5.91 Å². The van der Waals surface area contributed by atoms with Gasteiger partial charge in [0.05, 0.1) is 0 Å². The van der Waals surface area contributed by atoms with E-state index in [1.165, 1.54) is 0 Å². The highest BCUT2D eigenvalue weighted by Gasteiger charge is 2.15. The number of rotatable bonds is 7. The van der Waals surface area contributed by atoms with Gasteiger partial charge in [0.2, 0.25) is 0 Å². The first-order valence-corrected chi connectivity index (χ1v) is 7.57. The molecule has 0 bridgehead atoms. The van der Waals surface area contributed by atoms with E-state index in [0.29, 0.717) is 11.6 Å². The lowest BCUT2D eigenvalue weighted by Crippen LogP contribution is -2.87. The fourth-order valence-corrected chi connectivity index (χ4v) is 2.16. The highest BCUT2D eigenvalue weighted by Crippen LogP contribution is 2.19. The fraction of sp³-hybridized carbons (Fsp3) is 0.467. The predicted octanol–water partition coefficient (Wildman–Crippen LogP) is 1.59. The second-order valence-electron chi connectivity index (χ2n) is 4.91. The zero-order valence-electron chi connectivity index (χ0n) is 12.5. The van der Waals surface area contributed by atoms with Crippen molar-refractivity contribution in [3.63, 3.8) is 0 Å². The third kappa shape index (κ3) is 6.60. The topological polar surface area (TPSA) is 74.8 Å². The van der Waals surface area contributed by atoms with Gasteiger partial charge in [-0.15, -0.1) is 0 Å². The number of amides is 3. The van der Waals surface area contributed by atoms with Gasteiger partial charge < -0.3 is 10.6 Å². The van der Waals surface area contributed by atoms with Gasteiger partial charge in [-0.05, 0) is 19.4 Å². The number of urea groups is 1. The number of unbranched alkanes of at least 4 members (excludes halogenated alkanes) is 1. The zero-order valence-corrected chi connectivity index (χ0v) is 13.2. The van der Waals surface area contributed by atoms with Crippen LogP contribution < -0.4 is 16.0 Å². The fourth-order valence-electron chi connectivity index (χ4n) is 1.86. The molecule has 0 aliphatic heterocycles. The van der Waals surface area contributed by atoms with Crippen LogP contribution in [0.5, 0.6) is 0 Å². The lowest BCUT2D eigenvalue weighted by atomic mass is 10.1. The summed E-state index contributed by atoms with van der Waals surface area (Å²) in [6.45, 7) is 4.76. The SMILES string of the molecule is CCCCNC(=O)NC(=O)C[NH2+][C@@H](C)c1ccccc1Cl. The van der Waals surface area contributed by atoms with Gasteiger partial charge in [-0.1, -0.05) is 43.1 Å². The molecule has 0 aromatic heterocycles. The predicted molar refractivity (Wildman–Crippen MR) is 83.1 cm³/mol. The molecule has 3 amide bonds. The average molecular weight is 313 g/mol. The molecule has 1 rings (SSSR count). The number of nitrogens with one attached hydrogen (secondary N) is 2. The third-order valence-electron chi connectivity index (χ3n) is 3.12. The van der Waals surface area contributed by atoms with Crippen molar-refractivity contribution in [2.75, 3.05) is 13.1 Å². The van der Waals surface area contributed by atoms with E-state index in [2.05, 4.69) is 10.6 Å². The maximum atomic E-state index is 11.7. The number of halogens is 1. The van der Waals surface area contributed by atoms with Gasteiger partial charge in [-0.25, -0.2) is 4.79 Å². The molecule has 0 saturated carbocycles. The summed E-state index contributed by atoms with van der Waals surface area (Å²) in [4.78, 5) is 23.1. The minimum absolute atomic E-state index is 0.0487. The van der Waals surface area contributed by atoms with Crippen molar-refractivity contribution < 1.29 is 14.9 Å². The van der Waals surface area contributed by atoms with Crippen LogP contribution >= 0.6 is 11.6 Å². The highest BCUT2D eigenvalue weighted by molar-refractivity contribution is 6.31. The van der Waals surface area contributed by atoms with Gasteiger partial charge in [0.1, 0.15) is 6.04 Å². The Morgan fingerprint density at radius 2 is 2.05 bits per heavy atom. The van der Waals surface area contributed by atoms with E-state index in [4.69, 9.17) is 11.6 Å². The summed E-state index contributed by atoms with van der Waals surface area (Å²) in [5, 5.41) is 7.47. The first-order chi connectivity index (χ1) is 10.0. The summed E-state index contributed by atoms with van der Waals surface area (Å²) in [5.74, 6) is -0.317. The van der Waals surface area contributed by atoms with Crippen LogP contribution in [0.1, 0.15) is 38.3 Å². The Hall–Kier alpha value is -1.59. The molecular formula is C15H23ClN3O2+. The lowest BCUT2D eigenvalue weighted by Gasteiger charge is -2.12. The van der Waals surface area contributed by atoms with Gasteiger partial charge in [-0.3, -0.25) is 10.1 Å². The Kier molecular flexibility index (Phi) is 7.79. The van der Waals surface area contributed by atoms with Crippen molar-refractivity contribution in [3.05, 3.63) is 34.9 Å². The van der Waals surface area contributed by atoms with E-state index >= 15 is 0 Å². The van der Waals surface area contributed by atoms with E-state index < -0.39 is 6.03 Å². The maximum absolute atomic E-state index is 11.7. The summed E-state index contributed by atoms with van der Waals surface area (Å²) in [5.41, 5.74) is 0.972. The van der Waals surface area contributed by atoms with Crippen molar-refractivity contribution in [2.24, 2.45) is 0 Å². The molecule has 1 atom stereocenters. The molecule has 4 N–H and O–H groups in total. The molecule has 1 aromatic carbocycles. The Balaban J connectivity index is 2.33. The number of benzene rings is 1. The molecule has 5 nitrogen and oxygen atoms in total. The molecule has 0 unspecified atom stereocenters. The summed E-state index contributed by atoms with van der Waals surface area (Å²) in [7, 11) is 0. The van der Waals surface area contributed by atoms with Crippen LogP contribution in [0, 0.1) is 0 Å². The largest absolute Gasteiger partial charge is 0.338 e. The van der Waals surface area contributed by atoms with Crippen molar-refractivity contribution in [2.45, 2.75) is 32.7 Å². The van der Waals surface area contributed by atoms with Crippen LogP contribution in [0.25, 0.3) is 0 Å². The molecule has 6 heteroatoms. The number of carbonyl (C=O) groups is 2. The Bertz CT molecular complexity index is 480. The van der Waals surface area contributed by atoms with E-state index in [0.717, 1.165) is 18.4 Å². The second kappa shape index (κ2) is 9.37. The Morgan fingerprint density at radius 3 is 2.71 bits per heavy atom. The van der Waals surface area contributed by atoms with Crippen molar-refractivity contribution >= 4 is 23.5 Å².